The van der Waals surface area contributed by atoms with E-state index in [2.05, 4.69) is 21.2 Å². The molecule has 0 saturated carbocycles. The van der Waals surface area contributed by atoms with Crippen LogP contribution in [0.5, 0.6) is 0 Å². The fraction of sp³-hybridized carbons (Fsp3) is 0.500. The molecule has 0 fully saturated rings. The molecular weight excluding hydrogens is 324 g/mol. The van der Waals surface area contributed by atoms with Crippen molar-refractivity contribution in [3.05, 3.63) is 39.4 Å². The number of nitro benzene ring substituents is 1. The first-order valence-corrected chi connectivity index (χ1v) is 7.64. The van der Waals surface area contributed by atoms with E-state index in [0.717, 1.165) is 12.8 Å². The van der Waals surface area contributed by atoms with Gasteiger partial charge < -0.3 is 5.32 Å². The highest BCUT2D eigenvalue weighted by Gasteiger charge is 2.27. The molecular formula is C14H19BrN2O3. The van der Waals surface area contributed by atoms with Gasteiger partial charge in [-0.05, 0) is 31.9 Å². The molecule has 20 heavy (non-hydrogen) atoms. The standard InChI is InChI=1S/C14H19BrN2O3/c1-4-14(5-2,9-15)16-13(18)11-6-7-12(17(19)20)10(3)8-11/h6-8H,4-5,9H2,1-3H3,(H,16,18). The number of nitrogens with one attached hydrogen (secondary N) is 1. The van der Waals surface area contributed by atoms with E-state index in [1.807, 2.05) is 13.8 Å². The Kier molecular flexibility index (Phi) is 5.68. The van der Waals surface area contributed by atoms with E-state index in [0.29, 0.717) is 16.5 Å². The summed E-state index contributed by atoms with van der Waals surface area (Å²) in [6.07, 6.45) is 1.62. The highest BCUT2D eigenvalue weighted by atomic mass is 79.9. The van der Waals surface area contributed by atoms with Gasteiger partial charge in [-0.25, -0.2) is 0 Å². The Balaban J connectivity index is 2.99. The average molecular weight is 343 g/mol. The predicted octanol–water partition coefficient (Wildman–Crippen LogP) is 3.59. The number of nitrogens with zero attached hydrogens (tertiary/aromatic N) is 1. The number of carbonyl (C=O) groups is 1. The second kappa shape index (κ2) is 6.83. The monoisotopic (exact) mass is 342 g/mol. The molecule has 1 aromatic carbocycles. The lowest BCUT2D eigenvalue weighted by Gasteiger charge is -2.31. The fourth-order valence-electron chi connectivity index (χ4n) is 1.96. The zero-order valence-corrected chi connectivity index (χ0v) is 13.5. The van der Waals surface area contributed by atoms with Crippen molar-refractivity contribution in [2.24, 2.45) is 0 Å². The topological polar surface area (TPSA) is 72.2 Å². The smallest absolute Gasteiger partial charge is 0.272 e. The van der Waals surface area contributed by atoms with Crippen LogP contribution in [0.25, 0.3) is 0 Å². The van der Waals surface area contributed by atoms with E-state index >= 15 is 0 Å². The Morgan fingerprint density at radius 3 is 2.40 bits per heavy atom. The van der Waals surface area contributed by atoms with Crippen LogP contribution in [0.15, 0.2) is 18.2 Å². The fourth-order valence-corrected chi connectivity index (χ4v) is 2.90. The Morgan fingerprint density at radius 1 is 1.40 bits per heavy atom. The molecule has 1 N–H and O–H groups in total. The molecule has 0 bridgehead atoms. The Bertz CT molecular complexity index is 505. The number of rotatable bonds is 6. The van der Waals surface area contributed by atoms with E-state index in [4.69, 9.17) is 0 Å². The number of aryl methyl sites for hydroxylation is 1. The van der Waals surface area contributed by atoms with E-state index < -0.39 is 4.92 Å². The van der Waals surface area contributed by atoms with Crippen LogP contribution < -0.4 is 5.32 Å². The summed E-state index contributed by atoms with van der Waals surface area (Å²) in [7, 11) is 0. The van der Waals surface area contributed by atoms with Gasteiger partial charge >= 0.3 is 0 Å². The lowest BCUT2D eigenvalue weighted by atomic mass is 9.95. The van der Waals surface area contributed by atoms with Crippen molar-refractivity contribution in [3.8, 4) is 0 Å². The lowest BCUT2D eigenvalue weighted by molar-refractivity contribution is -0.385. The van der Waals surface area contributed by atoms with Crippen molar-refractivity contribution in [2.45, 2.75) is 39.2 Å². The number of amides is 1. The maximum Gasteiger partial charge on any atom is 0.272 e. The summed E-state index contributed by atoms with van der Waals surface area (Å²) in [5.74, 6) is -0.203. The van der Waals surface area contributed by atoms with Crippen LogP contribution in [-0.2, 0) is 0 Å². The quantitative estimate of drug-likeness (QED) is 0.487. The number of nitro groups is 1. The second-order valence-corrected chi connectivity index (χ2v) is 5.39. The summed E-state index contributed by atoms with van der Waals surface area (Å²) < 4.78 is 0. The predicted molar refractivity (Wildman–Crippen MR) is 82.4 cm³/mol. The summed E-state index contributed by atoms with van der Waals surface area (Å²) in [6, 6.07) is 4.42. The summed E-state index contributed by atoms with van der Waals surface area (Å²) in [4.78, 5) is 22.6. The molecule has 0 radical (unpaired) electrons. The summed E-state index contributed by atoms with van der Waals surface area (Å²) >= 11 is 3.44. The van der Waals surface area contributed by atoms with Crippen LogP contribution in [0.2, 0.25) is 0 Å². The molecule has 1 rings (SSSR count). The molecule has 0 aromatic heterocycles. The average Bonchev–Trinajstić information content (AvgIpc) is 2.44. The van der Waals surface area contributed by atoms with Crippen LogP contribution in [-0.4, -0.2) is 21.7 Å². The van der Waals surface area contributed by atoms with Gasteiger partial charge in [-0.1, -0.05) is 29.8 Å². The first kappa shape index (κ1) is 16.6. The van der Waals surface area contributed by atoms with E-state index in [1.54, 1.807) is 13.0 Å². The number of alkyl halides is 1. The maximum atomic E-state index is 12.3. The number of hydrogen-bond acceptors (Lipinski definition) is 3. The summed E-state index contributed by atoms with van der Waals surface area (Å²) in [6.45, 7) is 5.67. The molecule has 0 aliphatic rings. The first-order valence-electron chi connectivity index (χ1n) is 6.52. The van der Waals surface area contributed by atoms with E-state index in [1.165, 1.54) is 12.1 Å². The molecule has 0 unspecified atom stereocenters. The number of carbonyl (C=O) groups excluding carboxylic acids is 1. The third kappa shape index (κ3) is 3.56. The molecule has 0 saturated heterocycles. The van der Waals surface area contributed by atoms with Crippen LogP contribution in [0, 0.1) is 17.0 Å². The molecule has 0 aliphatic heterocycles. The van der Waals surface area contributed by atoms with Gasteiger partial charge in [0.15, 0.2) is 0 Å². The summed E-state index contributed by atoms with van der Waals surface area (Å²) in [5.41, 5.74) is 0.673. The van der Waals surface area contributed by atoms with E-state index in [9.17, 15) is 14.9 Å². The molecule has 6 heteroatoms. The van der Waals surface area contributed by atoms with Gasteiger partial charge in [0, 0.05) is 28.1 Å². The third-order valence-electron chi connectivity index (χ3n) is 3.64. The van der Waals surface area contributed by atoms with Gasteiger partial charge in [0.25, 0.3) is 11.6 Å². The Labute approximate surface area is 127 Å². The molecule has 0 atom stereocenters. The highest BCUT2D eigenvalue weighted by Crippen LogP contribution is 2.21. The SMILES string of the molecule is CCC(CC)(CBr)NC(=O)c1ccc([N+](=O)[O-])c(C)c1. The van der Waals surface area contributed by atoms with Gasteiger partial charge in [0.05, 0.1) is 4.92 Å². The van der Waals surface area contributed by atoms with Gasteiger partial charge in [-0.2, -0.15) is 0 Å². The minimum atomic E-state index is -0.447. The van der Waals surface area contributed by atoms with Crippen molar-refractivity contribution in [1.82, 2.24) is 5.32 Å². The Hall–Kier alpha value is -1.43. The van der Waals surface area contributed by atoms with Gasteiger partial charge in [0.2, 0.25) is 0 Å². The van der Waals surface area contributed by atoms with Crippen LogP contribution in [0.1, 0.15) is 42.6 Å². The highest BCUT2D eigenvalue weighted by molar-refractivity contribution is 9.09. The molecule has 110 valence electrons. The zero-order valence-electron chi connectivity index (χ0n) is 11.9. The molecule has 5 nitrogen and oxygen atoms in total. The molecule has 1 aromatic rings. The van der Waals surface area contributed by atoms with Gasteiger partial charge in [0.1, 0.15) is 0 Å². The second-order valence-electron chi connectivity index (χ2n) is 4.83. The van der Waals surface area contributed by atoms with Gasteiger partial charge in [-0.3, -0.25) is 14.9 Å². The van der Waals surface area contributed by atoms with E-state index in [-0.39, 0.29) is 17.1 Å². The molecule has 0 heterocycles. The zero-order chi connectivity index (χ0) is 15.3. The maximum absolute atomic E-state index is 12.3. The minimum Gasteiger partial charge on any atom is -0.346 e. The number of hydrogen-bond donors (Lipinski definition) is 1. The number of benzene rings is 1. The first-order chi connectivity index (χ1) is 9.39. The van der Waals surface area contributed by atoms with Crippen LogP contribution >= 0.6 is 15.9 Å². The largest absolute Gasteiger partial charge is 0.346 e. The lowest BCUT2D eigenvalue weighted by Crippen LogP contribution is -2.49. The molecule has 0 spiro atoms. The van der Waals surface area contributed by atoms with Gasteiger partial charge in [-0.15, -0.1) is 0 Å². The van der Waals surface area contributed by atoms with Crippen molar-refractivity contribution >= 4 is 27.5 Å². The molecule has 1 amide bonds. The number of halogens is 1. The third-order valence-corrected chi connectivity index (χ3v) is 4.72. The van der Waals surface area contributed by atoms with Crippen molar-refractivity contribution < 1.29 is 9.72 Å². The Morgan fingerprint density at radius 2 is 2.00 bits per heavy atom. The normalized spacial score (nSPS) is 11.2. The summed E-state index contributed by atoms with van der Waals surface area (Å²) in [5, 5.41) is 14.5. The van der Waals surface area contributed by atoms with Crippen molar-refractivity contribution in [3.63, 3.8) is 0 Å². The van der Waals surface area contributed by atoms with Crippen LogP contribution in [0.4, 0.5) is 5.69 Å². The van der Waals surface area contributed by atoms with Crippen molar-refractivity contribution in [2.75, 3.05) is 5.33 Å². The minimum absolute atomic E-state index is 0.0271. The van der Waals surface area contributed by atoms with Crippen molar-refractivity contribution in [1.29, 1.82) is 0 Å². The van der Waals surface area contributed by atoms with Crippen LogP contribution in [0.3, 0.4) is 0 Å². The molecule has 0 aliphatic carbocycles.